The van der Waals surface area contributed by atoms with E-state index in [-0.39, 0.29) is 5.75 Å². The first-order valence-electron chi connectivity index (χ1n) is 4.01. The maximum Gasteiger partial charge on any atom is 0.116 e. The largest absolute Gasteiger partial charge is 0.508 e. The van der Waals surface area contributed by atoms with Gasteiger partial charge in [-0.15, -0.1) is 0 Å². The zero-order chi connectivity index (χ0) is 9.26. The molecule has 1 N–H and O–H groups in total. The fourth-order valence-corrected chi connectivity index (χ4v) is 1.33. The van der Waals surface area contributed by atoms with E-state index in [1.807, 2.05) is 6.07 Å². The van der Waals surface area contributed by atoms with Gasteiger partial charge < -0.3 is 5.11 Å². The van der Waals surface area contributed by atoms with Crippen LogP contribution in [-0.2, 0) is 0 Å². The Kier molecular flexibility index (Phi) is 1.74. The van der Waals surface area contributed by atoms with Crippen LogP contribution in [0, 0.1) is 0 Å². The third-order valence-electron chi connectivity index (χ3n) is 1.98. The van der Waals surface area contributed by atoms with Crippen molar-refractivity contribution in [3.8, 4) is 5.75 Å². The summed E-state index contributed by atoms with van der Waals surface area (Å²) in [5, 5.41) is 10.2. The van der Waals surface area contributed by atoms with Gasteiger partial charge in [-0.3, -0.25) is 4.98 Å². The Hall–Kier alpha value is -1.83. The molecule has 1 aromatic carbocycles. The van der Waals surface area contributed by atoms with Gasteiger partial charge in [0, 0.05) is 11.6 Å². The van der Waals surface area contributed by atoms with Crippen LogP contribution in [-0.4, -0.2) is 10.1 Å². The van der Waals surface area contributed by atoms with Crippen molar-refractivity contribution in [2.75, 3.05) is 0 Å². The Balaban J connectivity index is 2.86. The zero-order valence-corrected chi connectivity index (χ0v) is 7.07. The normalized spacial score (nSPS) is 10.2. The summed E-state index contributed by atoms with van der Waals surface area (Å²) in [6.07, 6.45) is 3.49. The van der Waals surface area contributed by atoms with Crippen LogP contribution in [0.15, 0.2) is 37.0 Å². The molecule has 0 spiro atoms. The van der Waals surface area contributed by atoms with Gasteiger partial charge in [0.05, 0.1) is 5.52 Å². The van der Waals surface area contributed by atoms with E-state index >= 15 is 0 Å². The van der Waals surface area contributed by atoms with Crippen molar-refractivity contribution in [1.29, 1.82) is 0 Å². The molecule has 2 nitrogen and oxygen atoms in total. The van der Waals surface area contributed by atoms with Gasteiger partial charge >= 0.3 is 0 Å². The van der Waals surface area contributed by atoms with Crippen molar-refractivity contribution in [2.45, 2.75) is 0 Å². The van der Waals surface area contributed by atoms with Crippen LogP contribution in [0.25, 0.3) is 17.0 Å². The molecule has 0 radical (unpaired) electrons. The van der Waals surface area contributed by atoms with Gasteiger partial charge in [0.1, 0.15) is 5.75 Å². The SMILES string of the molecule is C=Cc1ccnc2ccc(O)cc12. The Morgan fingerprint density at radius 1 is 1.31 bits per heavy atom. The first kappa shape index (κ1) is 7.80. The summed E-state index contributed by atoms with van der Waals surface area (Å²) in [6.45, 7) is 3.70. The predicted molar refractivity (Wildman–Crippen MR) is 53.5 cm³/mol. The average Bonchev–Trinajstić information content (AvgIpc) is 2.17. The maximum absolute atomic E-state index is 9.29. The number of hydrogen-bond acceptors (Lipinski definition) is 2. The highest BCUT2D eigenvalue weighted by Crippen LogP contribution is 2.21. The second kappa shape index (κ2) is 2.90. The predicted octanol–water partition coefficient (Wildman–Crippen LogP) is 2.58. The topological polar surface area (TPSA) is 33.1 Å². The average molecular weight is 171 g/mol. The summed E-state index contributed by atoms with van der Waals surface area (Å²) < 4.78 is 0. The van der Waals surface area contributed by atoms with Gasteiger partial charge in [0.15, 0.2) is 0 Å². The van der Waals surface area contributed by atoms with Gasteiger partial charge in [0.2, 0.25) is 0 Å². The highest BCUT2D eigenvalue weighted by molar-refractivity contribution is 5.88. The molecule has 0 saturated heterocycles. The number of phenolic OH excluding ortho intramolecular Hbond substituents is 1. The molecule has 2 aromatic rings. The standard InChI is InChI=1S/C11H9NO/c1-2-8-5-6-12-11-4-3-9(13)7-10(8)11/h2-7,13H,1H2. The maximum atomic E-state index is 9.29. The fraction of sp³-hybridized carbons (Fsp3) is 0. The number of nitrogens with zero attached hydrogens (tertiary/aromatic N) is 1. The number of benzene rings is 1. The Morgan fingerprint density at radius 3 is 2.92 bits per heavy atom. The quantitative estimate of drug-likeness (QED) is 0.715. The first-order chi connectivity index (χ1) is 6.31. The number of hydrogen-bond donors (Lipinski definition) is 1. The highest BCUT2D eigenvalue weighted by atomic mass is 16.3. The highest BCUT2D eigenvalue weighted by Gasteiger charge is 1.99. The van der Waals surface area contributed by atoms with Crippen molar-refractivity contribution in [2.24, 2.45) is 0 Å². The zero-order valence-electron chi connectivity index (χ0n) is 7.07. The molecule has 0 aliphatic carbocycles. The lowest BCUT2D eigenvalue weighted by Gasteiger charge is -2.01. The van der Waals surface area contributed by atoms with Crippen LogP contribution in [0.1, 0.15) is 5.56 Å². The number of rotatable bonds is 1. The minimum atomic E-state index is 0.253. The van der Waals surface area contributed by atoms with Gasteiger partial charge in [-0.25, -0.2) is 0 Å². The van der Waals surface area contributed by atoms with Crippen molar-refractivity contribution in [3.05, 3.63) is 42.6 Å². The third kappa shape index (κ3) is 1.26. The summed E-state index contributed by atoms with van der Waals surface area (Å²) in [7, 11) is 0. The molecule has 0 amide bonds. The molecule has 64 valence electrons. The van der Waals surface area contributed by atoms with Crippen LogP contribution in [0.5, 0.6) is 5.75 Å². The molecule has 2 rings (SSSR count). The number of aromatic nitrogens is 1. The molecule has 0 fully saturated rings. The van der Waals surface area contributed by atoms with Crippen molar-refractivity contribution in [3.63, 3.8) is 0 Å². The Morgan fingerprint density at radius 2 is 2.15 bits per heavy atom. The van der Waals surface area contributed by atoms with Gasteiger partial charge in [-0.2, -0.15) is 0 Å². The molecule has 0 unspecified atom stereocenters. The summed E-state index contributed by atoms with van der Waals surface area (Å²) in [5.41, 5.74) is 1.86. The smallest absolute Gasteiger partial charge is 0.116 e. The monoisotopic (exact) mass is 171 g/mol. The summed E-state index contributed by atoms with van der Waals surface area (Å²) in [6, 6.07) is 6.98. The lowest BCUT2D eigenvalue weighted by atomic mass is 10.1. The van der Waals surface area contributed by atoms with Crippen LogP contribution >= 0.6 is 0 Å². The van der Waals surface area contributed by atoms with Crippen LogP contribution in [0.4, 0.5) is 0 Å². The molecule has 13 heavy (non-hydrogen) atoms. The van der Waals surface area contributed by atoms with Crippen LogP contribution in [0.3, 0.4) is 0 Å². The second-order valence-corrected chi connectivity index (χ2v) is 2.81. The number of fused-ring (bicyclic) bond motifs is 1. The van der Waals surface area contributed by atoms with Crippen LogP contribution < -0.4 is 0 Å². The van der Waals surface area contributed by atoms with E-state index in [0.29, 0.717) is 0 Å². The number of phenols is 1. The molecule has 2 heteroatoms. The Bertz CT molecular complexity index is 463. The Labute approximate surface area is 76.2 Å². The van der Waals surface area contributed by atoms with Gasteiger partial charge in [-0.05, 0) is 29.8 Å². The third-order valence-corrected chi connectivity index (χ3v) is 1.98. The molecule has 0 saturated carbocycles. The summed E-state index contributed by atoms with van der Waals surface area (Å²) >= 11 is 0. The van der Waals surface area contributed by atoms with E-state index in [9.17, 15) is 5.11 Å². The lowest BCUT2D eigenvalue weighted by Crippen LogP contribution is -1.81. The van der Waals surface area contributed by atoms with E-state index in [1.165, 1.54) is 0 Å². The number of pyridine rings is 1. The lowest BCUT2D eigenvalue weighted by molar-refractivity contribution is 0.476. The van der Waals surface area contributed by atoms with E-state index in [4.69, 9.17) is 0 Å². The molecule has 1 aromatic heterocycles. The first-order valence-corrected chi connectivity index (χ1v) is 4.01. The molecular weight excluding hydrogens is 162 g/mol. The van der Waals surface area contributed by atoms with Crippen molar-refractivity contribution >= 4 is 17.0 Å². The van der Waals surface area contributed by atoms with Crippen molar-refractivity contribution in [1.82, 2.24) is 4.98 Å². The molecule has 0 aliphatic rings. The molecule has 0 bridgehead atoms. The second-order valence-electron chi connectivity index (χ2n) is 2.81. The fourth-order valence-electron chi connectivity index (χ4n) is 1.33. The summed E-state index contributed by atoms with van der Waals surface area (Å²) in [5.74, 6) is 0.253. The van der Waals surface area contributed by atoms with E-state index in [1.54, 1.807) is 30.5 Å². The van der Waals surface area contributed by atoms with Crippen LogP contribution in [0.2, 0.25) is 0 Å². The van der Waals surface area contributed by atoms with E-state index in [2.05, 4.69) is 11.6 Å². The van der Waals surface area contributed by atoms with E-state index < -0.39 is 0 Å². The molecular formula is C11H9NO. The van der Waals surface area contributed by atoms with Crippen molar-refractivity contribution < 1.29 is 5.11 Å². The minimum absolute atomic E-state index is 0.253. The molecule has 1 heterocycles. The summed E-state index contributed by atoms with van der Waals surface area (Å²) in [4.78, 5) is 4.17. The van der Waals surface area contributed by atoms with Gasteiger partial charge in [0.25, 0.3) is 0 Å². The van der Waals surface area contributed by atoms with E-state index in [0.717, 1.165) is 16.5 Å². The molecule has 0 atom stereocenters. The minimum Gasteiger partial charge on any atom is -0.508 e. The van der Waals surface area contributed by atoms with Gasteiger partial charge in [-0.1, -0.05) is 12.7 Å². The number of aromatic hydroxyl groups is 1. The molecule has 0 aliphatic heterocycles.